The molecule has 0 N–H and O–H groups in total. The van der Waals surface area contributed by atoms with Crippen molar-refractivity contribution in [3.63, 3.8) is 0 Å². The van der Waals surface area contributed by atoms with Crippen LogP contribution in [0.1, 0.15) is 38.1 Å². The van der Waals surface area contributed by atoms with E-state index in [1.54, 1.807) is 6.20 Å². The quantitative estimate of drug-likeness (QED) is 0.602. The number of hydrogen-bond acceptors (Lipinski definition) is 2. The Hall–Kier alpha value is -1.15. The summed E-state index contributed by atoms with van der Waals surface area (Å²) in [4.78, 5) is 1.27. The number of rotatable bonds is 0. The first-order valence-corrected chi connectivity index (χ1v) is 6.95. The first kappa shape index (κ1) is 18.2. The first-order valence-electron chi connectivity index (χ1n) is 6.18. The highest BCUT2D eigenvalue weighted by molar-refractivity contribution is 7.05. The summed E-state index contributed by atoms with van der Waals surface area (Å²) in [6.07, 6.45) is 1.81. The highest BCUT2D eigenvalue weighted by Gasteiger charge is 1.76. The Kier molecular flexibility index (Phi) is 15.9. The van der Waals surface area contributed by atoms with Gasteiger partial charge in [-0.25, -0.2) is 4.37 Å². The number of aryl methyl sites for hydroxylation is 2. The fraction of sp³-hybridized carbons (Fsp3) is 0.400. The van der Waals surface area contributed by atoms with E-state index < -0.39 is 0 Å². The molecule has 0 aliphatic carbocycles. The number of aromatic nitrogens is 1. The Bertz CT molecular complexity index is 314. The first-order chi connectivity index (χ1) is 8.29. The van der Waals surface area contributed by atoms with Gasteiger partial charge in [0, 0.05) is 11.1 Å². The van der Waals surface area contributed by atoms with Crippen LogP contribution in [0.3, 0.4) is 0 Å². The molecule has 0 unspecified atom stereocenters. The Morgan fingerprint density at radius 1 is 0.824 bits per heavy atom. The van der Waals surface area contributed by atoms with Crippen LogP contribution in [0, 0.1) is 13.8 Å². The topological polar surface area (TPSA) is 12.9 Å². The van der Waals surface area contributed by atoms with E-state index in [2.05, 4.69) is 23.4 Å². The maximum absolute atomic E-state index is 3.86. The van der Waals surface area contributed by atoms with Gasteiger partial charge in [0.2, 0.25) is 0 Å². The molecule has 17 heavy (non-hydrogen) atoms. The van der Waals surface area contributed by atoms with Gasteiger partial charge in [-0.05, 0) is 31.4 Å². The summed E-state index contributed by atoms with van der Waals surface area (Å²) in [6, 6.07) is 12.3. The maximum atomic E-state index is 3.86. The molecule has 0 aliphatic rings. The van der Waals surface area contributed by atoms with E-state index in [0.29, 0.717) is 0 Å². The molecule has 1 heterocycles. The minimum atomic E-state index is 1.27. The Morgan fingerprint density at radius 3 is 1.53 bits per heavy atom. The standard InChI is InChI=1S/C7H8.C4H5NS.2C2H6/c1-7-5-3-2-4-6-7;1-4-2-3-5-6-4;2*1-2/h2-6H,1H3;2-3H,1H3;2*1-2H3. The summed E-state index contributed by atoms with van der Waals surface area (Å²) in [5, 5.41) is 0. The number of nitrogens with zero attached hydrogens (tertiary/aromatic N) is 1. The molecule has 0 atom stereocenters. The van der Waals surface area contributed by atoms with Gasteiger partial charge in [0.05, 0.1) is 0 Å². The van der Waals surface area contributed by atoms with Gasteiger partial charge in [0.15, 0.2) is 0 Å². The van der Waals surface area contributed by atoms with Gasteiger partial charge in [0.25, 0.3) is 0 Å². The second kappa shape index (κ2) is 14.8. The van der Waals surface area contributed by atoms with Crippen LogP contribution in [0.2, 0.25) is 0 Å². The van der Waals surface area contributed by atoms with Crippen molar-refractivity contribution in [3.05, 3.63) is 53.0 Å². The number of hydrogen-bond donors (Lipinski definition) is 0. The van der Waals surface area contributed by atoms with Gasteiger partial charge in [-0.1, -0.05) is 63.6 Å². The zero-order valence-corrected chi connectivity index (χ0v) is 12.7. The van der Waals surface area contributed by atoms with Gasteiger partial charge in [-0.2, -0.15) is 0 Å². The Balaban J connectivity index is 0. The third-order valence-corrected chi connectivity index (χ3v) is 2.16. The van der Waals surface area contributed by atoms with Crippen LogP contribution in [0.15, 0.2) is 42.6 Å². The molecule has 1 aromatic heterocycles. The molecule has 2 aromatic rings. The molecule has 2 heteroatoms. The summed E-state index contributed by atoms with van der Waals surface area (Å²) in [5.74, 6) is 0. The second-order valence-corrected chi connectivity index (χ2v) is 3.82. The summed E-state index contributed by atoms with van der Waals surface area (Å²) in [6.45, 7) is 12.1. The normalized spacial score (nSPS) is 7.41. The lowest BCUT2D eigenvalue weighted by Gasteiger charge is -1.82. The molecule has 0 bridgehead atoms. The SMILES string of the molecule is CC.CC.Cc1ccccc1.Cc1ccns1. The van der Waals surface area contributed by atoms with Crippen LogP contribution in [-0.4, -0.2) is 4.37 Å². The van der Waals surface area contributed by atoms with Crippen LogP contribution < -0.4 is 0 Å². The summed E-state index contributed by atoms with van der Waals surface area (Å²) < 4.78 is 3.86. The van der Waals surface area contributed by atoms with Gasteiger partial charge >= 0.3 is 0 Å². The highest BCUT2D eigenvalue weighted by Crippen LogP contribution is 1.98. The van der Waals surface area contributed by atoms with Gasteiger partial charge < -0.3 is 0 Å². The van der Waals surface area contributed by atoms with Gasteiger partial charge in [0.1, 0.15) is 0 Å². The van der Waals surface area contributed by atoms with Crippen molar-refractivity contribution < 1.29 is 0 Å². The maximum Gasteiger partial charge on any atom is 0.0409 e. The summed E-state index contributed by atoms with van der Waals surface area (Å²) in [5.41, 5.74) is 1.32. The molecule has 0 aliphatic heterocycles. The Morgan fingerprint density at radius 2 is 1.35 bits per heavy atom. The highest BCUT2D eigenvalue weighted by atomic mass is 32.1. The van der Waals surface area contributed by atoms with Crippen molar-refractivity contribution >= 4 is 11.5 Å². The minimum Gasteiger partial charge on any atom is -0.201 e. The monoisotopic (exact) mass is 251 g/mol. The van der Waals surface area contributed by atoms with E-state index >= 15 is 0 Å². The predicted octanol–water partition coefficient (Wildman–Crippen LogP) is 5.50. The molecule has 0 fully saturated rings. The molecular weight excluding hydrogens is 226 g/mol. The molecule has 96 valence electrons. The minimum absolute atomic E-state index is 1.27. The predicted molar refractivity (Wildman–Crippen MR) is 80.7 cm³/mol. The van der Waals surface area contributed by atoms with Crippen molar-refractivity contribution in [1.82, 2.24) is 4.37 Å². The molecule has 2 rings (SSSR count). The van der Waals surface area contributed by atoms with E-state index in [0.717, 1.165) is 0 Å². The molecule has 0 saturated heterocycles. The van der Waals surface area contributed by atoms with Crippen molar-refractivity contribution in [2.45, 2.75) is 41.5 Å². The largest absolute Gasteiger partial charge is 0.201 e. The summed E-state index contributed by atoms with van der Waals surface area (Å²) >= 11 is 1.53. The average Bonchev–Trinajstić information content (AvgIpc) is 2.87. The zero-order valence-electron chi connectivity index (χ0n) is 11.9. The van der Waals surface area contributed by atoms with E-state index in [-0.39, 0.29) is 0 Å². The van der Waals surface area contributed by atoms with Crippen molar-refractivity contribution in [2.24, 2.45) is 0 Å². The molecular formula is C15H25NS. The van der Waals surface area contributed by atoms with E-state index in [1.807, 2.05) is 58.9 Å². The van der Waals surface area contributed by atoms with Crippen molar-refractivity contribution in [1.29, 1.82) is 0 Å². The lowest BCUT2D eigenvalue weighted by Crippen LogP contribution is -1.62. The molecule has 0 spiro atoms. The second-order valence-electron chi connectivity index (χ2n) is 2.78. The number of benzene rings is 1. The Labute approximate surface area is 111 Å². The summed E-state index contributed by atoms with van der Waals surface area (Å²) in [7, 11) is 0. The van der Waals surface area contributed by atoms with E-state index in [1.165, 1.54) is 22.0 Å². The smallest absolute Gasteiger partial charge is 0.0409 e. The lowest BCUT2D eigenvalue weighted by atomic mass is 10.2. The zero-order chi connectivity index (χ0) is 13.5. The van der Waals surface area contributed by atoms with Crippen molar-refractivity contribution in [3.8, 4) is 0 Å². The van der Waals surface area contributed by atoms with Crippen molar-refractivity contribution in [2.75, 3.05) is 0 Å². The molecule has 0 saturated carbocycles. The molecule has 0 amide bonds. The average molecular weight is 251 g/mol. The molecule has 1 nitrogen and oxygen atoms in total. The van der Waals surface area contributed by atoms with Gasteiger partial charge in [-0.15, -0.1) is 0 Å². The van der Waals surface area contributed by atoms with Crippen LogP contribution in [0.4, 0.5) is 0 Å². The fourth-order valence-corrected chi connectivity index (χ4v) is 1.22. The molecule has 0 radical (unpaired) electrons. The lowest BCUT2D eigenvalue weighted by molar-refractivity contribution is 1.48. The van der Waals surface area contributed by atoms with Gasteiger partial charge in [-0.3, -0.25) is 0 Å². The fourth-order valence-electron chi connectivity index (χ4n) is 0.814. The van der Waals surface area contributed by atoms with Crippen LogP contribution >= 0.6 is 11.5 Å². The van der Waals surface area contributed by atoms with E-state index in [4.69, 9.17) is 0 Å². The third kappa shape index (κ3) is 12.8. The third-order valence-electron chi connectivity index (χ3n) is 1.51. The van der Waals surface area contributed by atoms with Crippen LogP contribution in [-0.2, 0) is 0 Å². The van der Waals surface area contributed by atoms with Crippen LogP contribution in [0.5, 0.6) is 0 Å². The molecule has 1 aromatic carbocycles. The van der Waals surface area contributed by atoms with Crippen LogP contribution in [0.25, 0.3) is 0 Å². The van der Waals surface area contributed by atoms with E-state index in [9.17, 15) is 0 Å².